The summed E-state index contributed by atoms with van der Waals surface area (Å²) in [5.74, 6) is 1.29. The van der Waals surface area contributed by atoms with Crippen LogP contribution in [0.15, 0.2) is 36.8 Å². The van der Waals surface area contributed by atoms with Crippen molar-refractivity contribution >= 4 is 45.1 Å². The van der Waals surface area contributed by atoms with Crippen LogP contribution in [0.25, 0.3) is 21.6 Å². The van der Waals surface area contributed by atoms with E-state index in [1.54, 1.807) is 23.6 Å². The van der Waals surface area contributed by atoms with Crippen LogP contribution in [0.2, 0.25) is 0 Å². The molecule has 0 aliphatic carbocycles. The first-order valence-electron chi connectivity index (χ1n) is 10.6. The quantitative estimate of drug-likeness (QED) is 0.421. The number of thiophene rings is 1. The summed E-state index contributed by atoms with van der Waals surface area (Å²) in [6.45, 7) is 3.34. The summed E-state index contributed by atoms with van der Waals surface area (Å²) in [5, 5.41) is 9.06. The van der Waals surface area contributed by atoms with Gasteiger partial charge in [-0.15, -0.1) is 11.3 Å². The molecule has 0 aromatic carbocycles. The molecule has 4 aromatic rings. The van der Waals surface area contributed by atoms with E-state index < -0.39 is 5.97 Å². The maximum absolute atomic E-state index is 11.1. The zero-order chi connectivity index (χ0) is 23.7. The van der Waals surface area contributed by atoms with Crippen LogP contribution in [0.5, 0.6) is 0 Å². The molecular formula is C22H22N8O3S. The Labute approximate surface area is 198 Å². The van der Waals surface area contributed by atoms with E-state index in [-0.39, 0.29) is 5.56 Å². The molecule has 3 N–H and O–H groups in total. The molecule has 11 nitrogen and oxygen atoms in total. The van der Waals surface area contributed by atoms with Gasteiger partial charge in [-0.3, -0.25) is 0 Å². The lowest BCUT2D eigenvalue weighted by atomic mass is 10.2. The molecule has 0 amide bonds. The molecule has 0 saturated carbocycles. The molecule has 1 saturated heterocycles. The van der Waals surface area contributed by atoms with Gasteiger partial charge in [-0.25, -0.2) is 29.7 Å². The Morgan fingerprint density at radius 1 is 1.18 bits per heavy atom. The van der Waals surface area contributed by atoms with Crippen molar-refractivity contribution < 1.29 is 14.6 Å². The third-order valence-corrected chi connectivity index (χ3v) is 6.48. The minimum Gasteiger partial charge on any atom is -0.478 e. The summed E-state index contributed by atoms with van der Waals surface area (Å²) in [5.41, 5.74) is 7.44. The van der Waals surface area contributed by atoms with Gasteiger partial charge in [0.1, 0.15) is 5.82 Å². The van der Waals surface area contributed by atoms with Gasteiger partial charge in [-0.2, -0.15) is 0 Å². The van der Waals surface area contributed by atoms with Crippen LogP contribution in [0.1, 0.15) is 15.2 Å². The number of hydrogen-bond acceptors (Lipinski definition) is 11. The predicted octanol–water partition coefficient (Wildman–Crippen LogP) is 2.30. The van der Waals surface area contributed by atoms with Gasteiger partial charge in [-0.05, 0) is 18.2 Å². The first kappa shape index (κ1) is 21.9. The van der Waals surface area contributed by atoms with E-state index in [1.807, 2.05) is 24.1 Å². The van der Waals surface area contributed by atoms with E-state index in [0.717, 1.165) is 39.6 Å². The number of carboxylic acids is 1. The Bertz CT molecular complexity index is 1320. The average Bonchev–Trinajstić information content (AvgIpc) is 3.26. The van der Waals surface area contributed by atoms with Gasteiger partial charge >= 0.3 is 5.97 Å². The summed E-state index contributed by atoms with van der Waals surface area (Å²) in [6, 6.07) is 5.65. The third-order valence-electron chi connectivity index (χ3n) is 5.38. The lowest BCUT2D eigenvalue weighted by Gasteiger charge is -2.28. The Morgan fingerprint density at radius 2 is 1.94 bits per heavy atom. The number of fused-ring (bicyclic) bond motifs is 1. The zero-order valence-electron chi connectivity index (χ0n) is 18.4. The number of aromatic nitrogens is 5. The van der Waals surface area contributed by atoms with Crippen molar-refractivity contribution in [2.45, 2.75) is 6.54 Å². The number of rotatable bonds is 6. The fraction of sp³-hybridized carbons (Fsp3) is 0.273. The minimum atomic E-state index is -1.06. The highest BCUT2D eigenvalue weighted by Gasteiger charge is 2.21. The zero-order valence-corrected chi connectivity index (χ0v) is 19.2. The van der Waals surface area contributed by atoms with Crippen LogP contribution in [0.4, 0.5) is 17.6 Å². The Morgan fingerprint density at radius 3 is 2.62 bits per heavy atom. The van der Waals surface area contributed by atoms with Crippen molar-refractivity contribution in [3.05, 3.63) is 47.2 Å². The number of carboxylic acid groups (broad SMARTS) is 1. The number of nitrogens with two attached hydrogens (primary N) is 1. The molecular weight excluding hydrogens is 456 g/mol. The maximum Gasteiger partial charge on any atom is 0.338 e. The molecule has 1 aliphatic heterocycles. The molecule has 0 atom stereocenters. The highest BCUT2D eigenvalue weighted by Crippen LogP contribution is 2.35. The predicted molar refractivity (Wildman–Crippen MR) is 129 cm³/mol. The lowest BCUT2D eigenvalue weighted by Crippen LogP contribution is -2.36. The van der Waals surface area contributed by atoms with Gasteiger partial charge < -0.3 is 25.4 Å². The standard InChI is InChI=1S/C22H22N8O3S/c1-29(22-25-10-14(11-26-22)21(31)32)12-15-8-16-18(34-15)20(30-4-6-33-7-5-30)28-19(27-16)13-2-3-17(23)24-9-13/h2-3,8-11H,4-7,12H2,1H3,(H2,23,24)(H,31,32). The van der Waals surface area contributed by atoms with Gasteiger partial charge in [-0.1, -0.05) is 0 Å². The van der Waals surface area contributed by atoms with Crippen LogP contribution in [0.3, 0.4) is 0 Å². The van der Waals surface area contributed by atoms with Gasteiger partial charge in [0.25, 0.3) is 0 Å². The number of anilines is 3. The average molecular weight is 479 g/mol. The fourth-order valence-electron chi connectivity index (χ4n) is 3.63. The molecule has 0 bridgehead atoms. The summed E-state index contributed by atoms with van der Waals surface area (Å²) in [6.07, 6.45) is 4.29. The molecule has 5 rings (SSSR count). The second-order valence-electron chi connectivity index (χ2n) is 7.80. The Balaban J connectivity index is 1.50. The van der Waals surface area contributed by atoms with Crippen molar-refractivity contribution in [2.75, 3.05) is 48.9 Å². The largest absolute Gasteiger partial charge is 0.478 e. The fourth-order valence-corrected chi connectivity index (χ4v) is 4.80. The molecule has 34 heavy (non-hydrogen) atoms. The number of pyridine rings is 1. The number of aromatic carboxylic acids is 1. The van der Waals surface area contributed by atoms with Gasteiger partial charge in [0, 0.05) is 49.2 Å². The van der Waals surface area contributed by atoms with E-state index in [1.165, 1.54) is 12.4 Å². The van der Waals surface area contributed by atoms with E-state index in [0.29, 0.717) is 37.3 Å². The monoisotopic (exact) mass is 478 g/mol. The molecule has 4 aromatic heterocycles. The number of hydrogen-bond donors (Lipinski definition) is 2. The van der Waals surface area contributed by atoms with E-state index in [2.05, 4.69) is 19.9 Å². The first-order valence-corrected chi connectivity index (χ1v) is 11.4. The number of carbonyl (C=O) groups is 1. The lowest BCUT2D eigenvalue weighted by molar-refractivity contribution is 0.0696. The number of nitrogens with zero attached hydrogens (tertiary/aromatic N) is 7. The van der Waals surface area contributed by atoms with Crippen LogP contribution in [-0.4, -0.2) is 69.3 Å². The second-order valence-corrected chi connectivity index (χ2v) is 8.94. The number of morpholine rings is 1. The first-order chi connectivity index (χ1) is 16.5. The summed E-state index contributed by atoms with van der Waals surface area (Å²) < 4.78 is 6.53. The van der Waals surface area contributed by atoms with E-state index in [9.17, 15) is 4.79 Å². The minimum absolute atomic E-state index is 0.0501. The van der Waals surface area contributed by atoms with Crippen molar-refractivity contribution in [2.24, 2.45) is 0 Å². The molecule has 12 heteroatoms. The van der Waals surface area contributed by atoms with Crippen LogP contribution in [-0.2, 0) is 11.3 Å². The van der Waals surface area contributed by atoms with Crippen LogP contribution >= 0.6 is 11.3 Å². The maximum atomic E-state index is 11.1. The Hall–Kier alpha value is -3.90. The summed E-state index contributed by atoms with van der Waals surface area (Å²) >= 11 is 1.62. The molecule has 0 spiro atoms. The normalized spacial score (nSPS) is 13.9. The molecule has 5 heterocycles. The van der Waals surface area contributed by atoms with Crippen LogP contribution in [0, 0.1) is 0 Å². The topological polar surface area (TPSA) is 143 Å². The SMILES string of the molecule is CN(Cc1cc2nc(-c3ccc(N)nc3)nc(N3CCOCC3)c2s1)c1ncc(C(=O)O)cn1. The van der Waals surface area contributed by atoms with Gasteiger partial charge in [0.2, 0.25) is 5.95 Å². The summed E-state index contributed by atoms with van der Waals surface area (Å²) in [4.78, 5) is 38.4. The van der Waals surface area contributed by atoms with Crippen LogP contribution < -0.4 is 15.5 Å². The molecule has 1 fully saturated rings. The highest BCUT2D eigenvalue weighted by molar-refractivity contribution is 7.19. The van der Waals surface area contributed by atoms with Gasteiger partial charge in [0.15, 0.2) is 11.6 Å². The van der Waals surface area contributed by atoms with Crippen molar-refractivity contribution in [1.82, 2.24) is 24.9 Å². The van der Waals surface area contributed by atoms with E-state index in [4.69, 9.17) is 25.5 Å². The van der Waals surface area contributed by atoms with Gasteiger partial charge in [0.05, 0.1) is 35.5 Å². The van der Waals surface area contributed by atoms with Crippen molar-refractivity contribution in [3.63, 3.8) is 0 Å². The highest BCUT2D eigenvalue weighted by atomic mass is 32.1. The second kappa shape index (κ2) is 9.15. The molecule has 0 radical (unpaired) electrons. The van der Waals surface area contributed by atoms with E-state index >= 15 is 0 Å². The number of ether oxygens (including phenoxy) is 1. The summed E-state index contributed by atoms with van der Waals surface area (Å²) in [7, 11) is 1.86. The Kier molecular flexibility index (Phi) is 5.90. The molecule has 0 unspecified atom stereocenters. The van der Waals surface area contributed by atoms with Crippen molar-refractivity contribution in [3.8, 4) is 11.4 Å². The molecule has 174 valence electrons. The smallest absolute Gasteiger partial charge is 0.338 e. The van der Waals surface area contributed by atoms with Crippen molar-refractivity contribution in [1.29, 1.82) is 0 Å². The molecule has 1 aliphatic rings. The number of nitrogen functional groups attached to an aromatic ring is 1. The third kappa shape index (κ3) is 4.45.